The third-order valence-corrected chi connectivity index (χ3v) is 2.62. The van der Waals surface area contributed by atoms with Crippen LogP contribution in [-0.4, -0.2) is 10.9 Å². The summed E-state index contributed by atoms with van der Waals surface area (Å²) >= 11 is 0. The van der Waals surface area contributed by atoms with Crippen LogP contribution in [0.5, 0.6) is 0 Å². The zero-order valence-electron chi connectivity index (χ0n) is 10.8. The van der Waals surface area contributed by atoms with Crippen molar-refractivity contribution < 1.29 is 26.8 Å². The van der Waals surface area contributed by atoms with Crippen LogP contribution in [0.4, 0.5) is 17.6 Å². The molecule has 8 heteroatoms. The van der Waals surface area contributed by atoms with Gasteiger partial charge in [-0.05, 0) is 19.1 Å². The first-order valence-corrected chi connectivity index (χ1v) is 5.84. The number of hydrogen-bond acceptors (Lipinski definition) is 3. The van der Waals surface area contributed by atoms with Gasteiger partial charge >= 0.3 is 6.18 Å². The number of aryl methyl sites for hydroxylation is 1. The molecule has 0 aliphatic rings. The summed E-state index contributed by atoms with van der Waals surface area (Å²) in [5, 5.41) is 2.25. The molecule has 0 spiro atoms. The number of alkyl halides is 3. The topological polar surface area (TPSA) is 55.1 Å². The third-order valence-electron chi connectivity index (χ3n) is 2.62. The van der Waals surface area contributed by atoms with Crippen LogP contribution in [0.1, 0.15) is 27.6 Å². The molecule has 0 aliphatic heterocycles. The normalized spacial score (nSPS) is 11.5. The van der Waals surface area contributed by atoms with Gasteiger partial charge in [-0.1, -0.05) is 6.07 Å². The van der Waals surface area contributed by atoms with Gasteiger partial charge in [-0.3, -0.25) is 4.79 Å². The Morgan fingerprint density at radius 1 is 1.38 bits per heavy atom. The fraction of sp³-hybridized carbons (Fsp3) is 0.231. The van der Waals surface area contributed by atoms with Crippen LogP contribution < -0.4 is 5.32 Å². The summed E-state index contributed by atoms with van der Waals surface area (Å²) < 4.78 is 56.5. The van der Waals surface area contributed by atoms with Crippen LogP contribution in [0.2, 0.25) is 0 Å². The maximum atomic E-state index is 13.7. The molecule has 112 valence electrons. The van der Waals surface area contributed by atoms with Gasteiger partial charge in [-0.15, -0.1) is 0 Å². The molecule has 1 amide bonds. The van der Waals surface area contributed by atoms with Gasteiger partial charge in [0.1, 0.15) is 11.6 Å². The predicted molar refractivity (Wildman–Crippen MR) is 63.8 cm³/mol. The van der Waals surface area contributed by atoms with E-state index < -0.39 is 29.0 Å². The van der Waals surface area contributed by atoms with E-state index in [4.69, 9.17) is 4.42 Å². The van der Waals surface area contributed by atoms with Crippen LogP contribution >= 0.6 is 0 Å². The quantitative estimate of drug-likeness (QED) is 0.887. The summed E-state index contributed by atoms with van der Waals surface area (Å²) in [7, 11) is 0. The molecule has 0 saturated heterocycles. The molecule has 21 heavy (non-hydrogen) atoms. The Balaban J connectivity index is 2.16. The van der Waals surface area contributed by atoms with E-state index in [0.717, 1.165) is 12.1 Å². The van der Waals surface area contributed by atoms with Crippen LogP contribution in [0, 0.1) is 12.7 Å². The lowest BCUT2D eigenvalue weighted by Gasteiger charge is -2.10. The third kappa shape index (κ3) is 3.39. The zero-order chi connectivity index (χ0) is 15.6. The van der Waals surface area contributed by atoms with Crippen molar-refractivity contribution in [3.63, 3.8) is 0 Å². The van der Waals surface area contributed by atoms with E-state index in [-0.39, 0.29) is 12.4 Å². The van der Waals surface area contributed by atoms with E-state index in [1.807, 2.05) is 0 Å². The van der Waals surface area contributed by atoms with Gasteiger partial charge < -0.3 is 9.73 Å². The second kappa shape index (κ2) is 5.55. The Morgan fingerprint density at radius 3 is 2.67 bits per heavy atom. The highest BCUT2D eigenvalue weighted by Gasteiger charge is 2.35. The highest BCUT2D eigenvalue weighted by molar-refractivity contribution is 5.94. The minimum atomic E-state index is -4.86. The molecule has 1 N–H and O–H groups in total. The predicted octanol–water partition coefficient (Wildman–Crippen LogP) is 3.07. The highest BCUT2D eigenvalue weighted by atomic mass is 19.4. The lowest BCUT2D eigenvalue weighted by molar-refractivity contribution is -0.140. The summed E-state index contributed by atoms with van der Waals surface area (Å²) in [6.45, 7) is 1.49. The van der Waals surface area contributed by atoms with Crippen molar-refractivity contribution in [2.75, 3.05) is 0 Å². The van der Waals surface area contributed by atoms with E-state index in [2.05, 4.69) is 10.3 Å². The number of nitrogens with zero attached hydrogens (tertiary/aromatic N) is 1. The molecule has 0 aliphatic carbocycles. The smallest absolute Gasteiger partial charge is 0.419 e. The molecule has 0 unspecified atom stereocenters. The summed E-state index contributed by atoms with van der Waals surface area (Å²) in [6, 6.07) is 2.51. The molecule has 1 heterocycles. The molecule has 0 fully saturated rings. The van der Waals surface area contributed by atoms with Crippen LogP contribution in [0.15, 0.2) is 28.8 Å². The number of hydrogen-bond donors (Lipinski definition) is 1. The molecular formula is C13H10F4N2O2. The second-order valence-corrected chi connectivity index (χ2v) is 4.21. The van der Waals surface area contributed by atoms with Gasteiger partial charge in [0.25, 0.3) is 5.91 Å². The monoisotopic (exact) mass is 302 g/mol. The van der Waals surface area contributed by atoms with E-state index in [1.165, 1.54) is 6.20 Å². The van der Waals surface area contributed by atoms with E-state index >= 15 is 0 Å². The van der Waals surface area contributed by atoms with Crippen molar-refractivity contribution in [2.45, 2.75) is 19.6 Å². The van der Waals surface area contributed by atoms with Gasteiger partial charge in [-0.2, -0.15) is 13.2 Å². The number of benzene rings is 1. The van der Waals surface area contributed by atoms with Crippen molar-refractivity contribution in [1.82, 2.24) is 10.3 Å². The van der Waals surface area contributed by atoms with Crippen LogP contribution in [0.3, 0.4) is 0 Å². The Bertz CT molecular complexity index is 664. The fourth-order valence-corrected chi connectivity index (χ4v) is 1.66. The molecular weight excluding hydrogens is 292 g/mol. The number of carbonyl (C=O) groups is 1. The standard InChI is InChI=1S/C13H10F4N2O2/c1-7-5-18-10(21-7)6-19-12(20)8-3-2-4-9(11(8)14)13(15,16)17/h2-5H,6H2,1H3,(H,19,20). The molecule has 0 bridgehead atoms. The number of amides is 1. The second-order valence-electron chi connectivity index (χ2n) is 4.21. The molecule has 2 aromatic rings. The van der Waals surface area contributed by atoms with Gasteiger partial charge in [0.15, 0.2) is 0 Å². The van der Waals surface area contributed by atoms with Gasteiger partial charge in [0.05, 0.1) is 23.9 Å². The largest absolute Gasteiger partial charge is 0.444 e. The number of nitrogens with one attached hydrogen (secondary N) is 1. The van der Waals surface area contributed by atoms with E-state index in [0.29, 0.717) is 11.8 Å². The summed E-state index contributed by atoms with van der Waals surface area (Å²) in [5.41, 5.74) is -2.17. The molecule has 2 rings (SSSR count). The first-order valence-electron chi connectivity index (χ1n) is 5.84. The number of rotatable bonds is 3. The number of halogens is 4. The zero-order valence-corrected chi connectivity index (χ0v) is 10.8. The average Bonchev–Trinajstić information content (AvgIpc) is 2.80. The van der Waals surface area contributed by atoms with Crippen molar-refractivity contribution in [3.05, 3.63) is 53.0 Å². The van der Waals surface area contributed by atoms with E-state index in [9.17, 15) is 22.4 Å². The number of oxazole rings is 1. The molecule has 0 saturated carbocycles. The maximum Gasteiger partial charge on any atom is 0.419 e. The summed E-state index contributed by atoms with van der Waals surface area (Å²) in [5.74, 6) is -1.89. The first-order chi connectivity index (χ1) is 9.79. The van der Waals surface area contributed by atoms with Gasteiger partial charge in [-0.25, -0.2) is 9.37 Å². The van der Waals surface area contributed by atoms with Crippen LogP contribution in [-0.2, 0) is 12.7 Å². The lowest BCUT2D eigenvalue weighted by atomic mass is 10.1. The van der Waals surface area contributed by atoms with Gasteiger partial charge in [0, 0.05) is 0 Å². The van der Waals surface area contributed by atoms with Crippen molar-refractivity contribution in [1.29, 1.82) is 0 Å². The first kappa shape index (κ1) is 15.0. The maximum absolute atomic E-state index is 13.7. The van der Waals surface area contributed by atoms with Crippen molar-refractivity contribution in [2.24, 2.45) is 0 Å². The molecule has 4 nitrogen and oxygen atoms in total. The average molecular weight is 302 g/mol. The Labute approximate surface area is 116 Å². The Morgan fingerprint density at radius 2 is 2.10 bits per heavy atom. The summed E-state index contributed by atoms with van der Waals surface area (Å²) in [6.07, 6.45) is -3.44. The van der Waals surface area contributed by atoms with Crippen molar-refractivity contribution >= 4 is 5.91 Å². The molecule has 0 radical (unpaired) electrons. The minimum absolute atomic E-state index is 0.150. The SMILES string of the molecule is Cc1cnc(CNC(=O)c2cccc(C(F)(F)F)c2F)o1. The molecule has 0 atom stereocenters. The van der Waals surface area contributed by atoms with E-state index in [1.54, 1.807) is 6.92 Å². The van der Waals surface area contributed by atoms with Crippen LogP contribution in [0.25, 0.3) is 0 Å². The molecule has 1 aromatic carbocycles. The number of carbonyl (C=O) groups excluding carboxylic acids is 1. The number of aromatic nitrogens is 1. The summed E-state index contributed by atoms with van der Waals surface area (Å²) in [4.78, 5) is 15.5. The fourth-order valence-electron chi connectivity index (χ4n) is 1.66. The van der Waals surface area contributed by atoms with Gasteiger partial charge in [0.2, 0.25) is 5.89 Å². The lowest BCUT2D eigenvalue weighted by Crippen LogP contribution is -2.25. The molecule has 1 aromatic heterocycles. The highest BCUT2D eigenvalue weighted by Crippen LogP contribution is 2.32. The Kier molecular flexibility index (Phi) is 3.97. The Hall–Kier alpha value is -2.38. The van der Waals surface area contributed by atoms with Crippen molar-refractivity contribution in [3.8, 4) is 0 Å². The minimum Gasteiger partial charge on any atom is -0.444 e.